The molecule has 2 nitrogen and oxygen atoms in total. The van der Waals surface area contributed by atoms with Crippen LogP contribution in [0.15, 0.2) is 0 Å². The second-order valence-corrected chi connectivity index (χ2v) is 8.91. The number of hydrogen-bond acceptors (Lipinski definition) is 2. The Morgan fingerprint density at radius 3 is 1.95 bits per heavy atom. The highest BCUT2D eigenvalue weighted by molar-refractivity contribution is 4.89. The van der Waals surface area contributed by atoms with Gasteiger partial charge >= 0.3 is 0 Å². The molecule has 0 aliphatic heterocycles. The predicted molar refractivity (Wildman–Crippen MR) is 94.8 cm³/mol. The molecule has 0 radical (unpaired) electrons. The Morgan fingerprint density at radius 2 is 1.52 bits per heavy atom. The third-order valence-electron chi connectivity index (χ3n) is 5.55. The van der Waals surface area contributed by atoms with E-state index in [1.807, 2.05) is 0 Å². The Labute approximate surface area is 134 Å². The van der Waals surface area contributed by atoms with Crippen LogP contribution in [0, 0.1) is 10.8 Å². The molecule has 1 rings (SSSR count). The second-order valence-electron chi connectivity index (χ2n) is 8.91. The summed E-state index contributed by atoms with van der Waals surface area (Å²) in [6.07, 6.45) is 8.49. The van der Waals surface area contributed by atoms with Crippen LogP contribution in [-0.4, -0.2) is 37.1 Å². The summed E-state index contributed by atoms with van der Waals surface area (Å²) in [6, 6.07) is 1.21. The quantitative estimate of drug-likeness (QED) is 0.715. The number of rotatable bonds is 6. The zero-order valence-electron chi connectivity index (χ0n) is 15.8. The lowest BCUT2D eigenvalue weighted by Crippen LogP contribution is -2.49. The topological polar surface area (TPSA) is 15.3 Å². The van der Waals surface area contributed by atoms with Gasteiger partial charge in [-0.1, -0.05) is 60.3 Å². The molecule has 0 aromatic carbocycles. The molecule has 2 heteroatoms. The van der Waals surface area contributed by atoms with Crippen LogP contribution < -0.4 is 5.32 Å². The maximum Gasteiger partial charge on any atom is 0.0113 e. The van der Waals surface area contributed by atoms with Crippen molar-refractivity contribution >= 4 is 0 Å². The van der Waals surface area contributed by atoms with Gasteiger partial charge in [-0.3, -0.25) is 0 Å². The lowest BCUT2D eigenvalue weighted by molar-refractivity contribution is 0.0723. The summed E-state index contributed by atoms with van der Waals surface area (Å²) in [5, 5.41) is 3.74. The second kappa shape index (κ2) is 7.97. The van der Waals surface area contributed by atoms with Gasteiger partial charge in [-0.15, -0.1) is 0 Å². The SMILES string of the molecule is CC(C)NCC1(CN(C)C(C)C(C)(C)C)CCCCCC1. The van der Waals surface area contributed by atoms with Crippen molar-refractivity contribution in [2.75, 3.05) is 20.1 Å². The summed E-state index contributed by atoms with van der Waals surface area (Å²) in [5.41, 5.74) is 0.834. The lowest BCUT2D eigenvalue weighted by Gasteiger charge is -2.43. The summed E-state index contributed by atoms with van der Waals surface area (Å²) in [7, 11) is 2.33. The Morgan fingerprint density at radius 1 is 1.00 bits per heavy atom. The van der Waals surface area contributed by atoms with E-state index >= 15 is 0 Å². The van der Waals surface area contributed by atoms with Gasteiger partial charge in [0.05, 0.1) is 0 Å². The smallest absolute Gasteiger partial charge is 0.0113 e. The number of nitrogens with one attached hydrogen (secondary N) is 1. The van der Waals surface area contributed by atoms with E-state index in [1.54, 1.807) is 0 Å². The molecule has 0 heterocycles. The molecule has 0 aromatic rings. The zero-order valence-corrected chi connectivity index (χ0v) is 15.8. The van der Waals surface area contributed by atoms with Crippen molar-refractivity contribution in [1.29, 1.82) is 0 Å². The van der Waals surface area contributed by atoms with Gasteiger partial charge in [0.2, 0.25) is 0 Å². The molecule has 0 bridgehead atoms. The number of hydrogen-bond donors (Lipinski definition) is 1. The highest BCUT2D eigenvalue weighted by atomic mass is 15.1. The summed E-state index contributed by atoms with van der Waals surface area (Å²) in [5.74, 6) is 0. The summed E-state index contributed by atoms with van der Waals surface area (Å²) in [6.45, 7) is 16.4. The molecule has 0 spiro atoms. The van der Waals surface area contributed by atoms with E-state index in [1.165, 1.54) is 51.6 Å². The summed E-state index contributed by atoms with van der Waals surface area (Å²) < 4.78 is 0. The molecule has 21 heavy (non-hydrogen) atoms. The molecular weight excluding hydrogens is 256 g/mol. The molecule has 126 valence electrons. The molecule has 0 aromatic heterocycles. The van der Waals surface area contributed by atoms with Crippen LogP contribution >= 0.6 is 0 Å². The van der Waals surface area contributed by atoms with Gasteiger partial charge < -0.3 is 10.2 Å². The number of nitrogens with zero attached hydrogens (tertiary/aromatic N) is 1. The molecule has 1 fully saturated rings. The predicted octanol–water partition coefficient (Wildman–Crippen LogP) is 4.69. The first-order chi connectivity index (χ1) is 9.66. The molecule has 1 N–H and O–H groups in total. The fourth-order valence-corrected chi connectivity index (χ4v) is 3.62. The zero-order chi connectivity index (χ0) is 16.1. The fraction of sp³-hybridized carbons (Fsp3) is 1.00. The molecule has 0 amide bonds. The first-order valence-electron chi connectivity index (χ1n) is 9.10. The lowest BCUT2D eigenvalue weighted by atomic mass is 9.78. The molecule has 1 saturated carbocycles. The average molecular weight is 297 g/mol. The Kier molecular flexibility index (Phi) is 7.19. The van der Waals surface area contributed by atoms with E-state index in [4.69, 9.17) is 0 Å². The van der Waals surface area contributed by atoms with Gasteiger partial charge in [0.1, 0.15) is 0 Å². The van der Waals surface area contributed by atoms with Crippen LogP contribution in [0.4, 0.5) is 0 Å². The molecule has 1 aliphatic rings. The normalized spacial score (nSPS) is 21.6. The molecule has 1 atom stereocenters. The molecule has 1 unspecified atom stereocenters. The Hall–Kier alpha value is -0.0800. The van der Waals surface area contributed by atoms with Gasteiger partial charge in [0, 0.05) is 25.2 Å². The minimum absolute atomic E-state index is 0.353. The maximum absolute atomic E-state index is 3.74. The van der Waals surface area contributed by atoms with Crippen LogP contribution in [0.3, 0.4) is 0 Å². The highest BCUT2D eigenvalue weighted by Crippen LogP contribution is 2.37. The largest absolute Gasteiger partial charge is 0.314 e. The van der Waals surface area contributed by atoms with Crippen molar-refractivity contribution < 1.29 is 0 Å². The monoisotopic (exact) mass is 296 g/mol. The molecule has 1 aliphatic carbocycles. The molecule has 0 saturated heterocycles. The van der Waals surface area contributed by atoms with Crippen LogP contribution in [0.25, 0.3) is 0 Å². The highest BCUT2D eigenvalue weighted by Gasteiger charge is 2.35. The summed E-state index contributed by atoms with van der Waals surface area (Å²) >= 11 is 0. The van der Waals surface area contributed by atoms with Gasteiger partial charge in [-0.05, 0) is 37.6 Å². The van der Waals surface area contributed by atoms with Crippen LogP contribution in [-0.2, 0) is 0 Å². The van der Waals surface area contributed by atoms with E-state index < -0.39 is 0 Å². The fourth-order valence-electron chi connectivity index (χ4n) is 3.62. The van der Waals surface area contributed by atoms with Gasteiger partial charge in [0.25, 0.3) is 0 Å². The van der Waals surface area contributed by atoms with E-state index in [2.05, 4.69) is 58.8 Å². The van der Waals surface area contributed by atoms with Crippen molar-refractivity contribution in [2.45, 2.75) is 92.2 Å². The van der Waals surface area contributed by atoms with Crippen LogP contribution in [0.1, 0.15) is 80.1 Å². The van der Waals surface area contributed by atoms with Gasteiger partial charge in [-0.25, -0.2) is 0 Å². The van der Waals surface area contributed by atoms with Crippen molar-refractivity contribution in [2.24, 2.45) is 10.8 Å². The Balaban J connectivity index is 2.75. The first-order valence-corrected chi connectivity index (χ1v) is 9.10. The minimum atomic E-state index is 0.353. The summed E-state index contributed by atoms with van der Waals surface area (Å²) in [4.78, 5) is 2.62. The van der Waals surface area contributed by atoms with Crippen molar-refractivity contribution in [3.63, 3.8) is 0 Å². The minimum Gasteiger partial charge on any atom is -0.314 e. The maximum atomic E-state index is 3.74. The van der Waals surface area contributed by atoms with Crippen molar-refractivity contribution in [1.82, 2.24) is 10.2 Å². The van der Waals surface area contributed by atoms with Gasteiger partial charge in [-0.2, -0.15) is 0 Å². The third kappa shape index (κ3) is 6.28. The van der Waals surface area contributed by atoms with Crippen LogP contribution in [0.5, 0.6) is 0 Å². The van der Waals surface area contributed by atoms with E-state index in [9.17, 15) is 0 Å². The average Bonchev–Trinajstić information content (AvgIpc) is 2.60. The Bertz CT molecular complexity index is 282. The van der Waals surface area contributed by atoms with E-state index in [0.717, 1.165) is 0 Å². The molecular formula is C19H40N2. The van der Waals surface area contributed by atoms with Crippen molar-refractivity contribution in [3.8, 4) is 0 Å². The first kappa shape index (κ1) is 19.0. The standard InChI is InChI=1S/C19H40N2/c1-16(2)20-14-19(12-10-8-9-11-13-19)15-21(7)17(3)18(4,5)6/h16-17,20H,8-15H2,1-7H3. The van der Waals surface area contributed by atoms with E-state index in [0.29, 0.717) is 22.9 Å². The van der Waals surface area contributed by atoms with Crippen LogP contribution in [0.2, 0.25) is 0 Å². The van der Waals surface area contributed by atoms with E-state index in [-0.39, 0.29) is 0 Å². The van der Waals surface area contributed by atoms with Gasteiger partial charge in [0.15, 0.2) is 0 Å². The van der Waals surface area contributed by atoms with Crippen molar-refractivity contribution in [3.05, 3.63) is 0 Å². The third-order valence-corrected chi connectivity index (χ3v) is 5.55.